The van der Waals surface area contributed by atoms with E-state index in [1.165, 1.54) is 6.08 Å². The van der Waals surface area contributed by atoms with Crippen molar-refractivity contribution in [3.05, 3.63) is 109 Å². The first-order valence-corrected chi connectivity index (χ1v) is 9.90. The highest BCUT2D eigenvalue weighted by atomic mass is 16.5. The van der Waals surface area contributed by atoms with Crippen LogP contribution in [0.3, 0.4) is 0 Å². The summed E-state index contributed by atoms with van der Waals surface area (Å²) in [6.07, 6.45) is 10.8. The number of carbonyl (C=O) groups excluding carboxylic acids is 2. The first-order chi connectivity index (χ1) is 14.9. The van der Waals surface area contributed by atoms with Crippen LogP contribution < -0.4 is 4.74 Å². The van der Waals surface area contributed by atoms with Gasteiger partial charge in [-0.15, -0.1) is 0 Å². The first-order valence-electron chi connectivity index (χ1n) is 9.90. The van der Waals surface area contributed by atoms with Gasteiger partial charge in [0, 0.05) is 11.6 Å². The van der Waals surface area contributed by atoms with Crippen molar-refractivity contribution in [1.82, 2.24) is 0 Å². The van der Waals surface area contributed by atoms with Gasteiger partial charge in [0.25, 0.3) is 0 Å². The highest BCUT2D eigenvalue weighted by Gasteiger charge is 2.06. The highest BCUT2D eigenvalue weighted by molar-refractivity contribution is 5.89. The number of benzene rings is 2. The van der Waals surface area contributed by atoms with E-state index in [-0.39, 0.29) is 0 Å². The standard InChI is InChI=1S/C27H26O4/c1-5-7-9-24(8-6-2)30-26(28)19-12-21-10-13-22(14-11-21)23-15-17-25(18-16-23)31-27(29)20(3)4/h6-19H,2-3,5H2,1,4H3/b9-7-,19-12+,24-8+. The average molecular weight is 415 g/mol. The van der Waals surface area contributed by atoms with Gasteiger partial charge in [0.1, 0.15) is 11.5 Å². The molecular weight excluding hydrogens is 388 g/mol. The van der Waals surface area contributed by atoms with Crippen LogP contribution in [0, 0.1) is 0 Å². The van der Waals surface area contributed by atoms with Gasteiger partial charge in [-0.1, -0.05) is 68.6 Å². The molecule has 0 aromatic heterocycles. The van der Waals surface area contributed by atoms with Crippen molar-refractivity contribution in [2.24, 2.45) is 0 Å². The summed E-state index contributed by atoms with van der Waals surface area (Å²) in [5, 5.41) is 0. The Balaban J connectivity index is 2.01. The molecule has 0 aliphatic rings. The van der Waals surface area contributed by atoms with E-state index >= 15 is 0 Å². The maximum absolute atomic E-state index is 12.0. The third kappa shape index (κ3) is 7.78. The molecule has 2 aromatic rings. The molecule has 0 fully saturated rings. The Kier molecular flexibility index (Phi) is 8.99. The van der Waals surface area contributed by atoms with E-state index in [0.29, 0.717) is 17.1 Å². The Morgan fingerprint density at radius 2 is 1.58 bits per heavy atom. The Labute approximate surface area is 183 Å². The first kappa shape index (κ1) is 23.4. The summed E-state index contributed by atoms with van der Waals surface area (Å²) in [5.74, 6) is 0.00132. The monoisotopic (exact) mass is 414 g/mol. The molecule has 0 radical (unpaired) electrons. The minimum Gasteiger partial charge on any atom is -0.423 e. The van der Waals surface area contributed by atoms with Crippen molar-refractivity contribution in [2.45, 2.75) is 20.3 Å². The molecule has 0 bridgehead atoms. The van der Waals surface area contributed by atoms with E-state index in [1.54, 1.807) is 43.4 Å². The van der Waals surface area contributed by atoms with Crippen molar-refractivity contribution in [3.8, 4) is 16.9 Å². The number of allylic oxidation sites excluding steroid dienone is 4. The number of esters is 2. The second-order valence-corrected chi connectivity index (χ2v) is 6.69. The Hall–Kier alpha value is -3.92. The van der Waals surface area contributed by atoms with Crippen molar-refractivity contribution in [3.63, 3.8) is 0 Å². The van der Waals surface area contributed by atoms with Crippen molar-refractivity contribution >= 4 is 18.0 Å². The number of carbonyl (C=O) groups is 2. The summed E-state index contributed by atoms with van der Waals surface area (Å²) < 4.78 is 10.5. The van der Waals surface area contributed by atoms with Crippen molar-refractivity contribution in [1.29, 1.82) is 0 Å². The number of hydrogen-bond donors (Lipinski definition) is 0. The predicted octanol–water partition coefficient (Wildman–Crippen LogP) is 6.43. The molecule has 0 unspecified atom stereocenters. The van der Waals surface area contributed by atoms with E-state index in [0.717, 1.165) is 23.1 Å². The third-order valence-electron chi connectivity index (χ3n) is 4.09. The third-order valence-corrected chi connectivity index (χ3v) is 4.09. The van der Waals surface area contributed by atoms with Gasteiger partial charge in [-0.25, -0.2) is 9.59 Å². The topological polar surface area (TPSA) is 52.6 Å². The second kappa shape index (κ2) is 11.9. The van der Waals surface area contributed by atoms with Gasteiger partial charge in [0.15, 0.2) is 0 Å². The summed E-state index contributed by atoms with van der Waals surface area (Å²) in [6.45, 7) is 10.8. The van der Waals surface area contributed by atoms with Crippen molar-refractivity contribution in [2.75, 3.05) is 0 Å². The van der Waals surface area contributed by atoms with Crippen LogP contribution in [0.25, 0.3) is 17.2 Å². The van der Waals surface area contributed by atoms with Gasteiger partial charge >= 0.3 is 11.9 Å². The highest BCUT2D eigenvalue weighted by Crippen LogP contribution is 2.23. The molecule has 4 heteroatoms. The van der Waals surface area contributed by atoms with E-state index in [9.17, 15) is 9.59 Å². The van der Waals surface area contributed by atoms with Crippen LogP contribution >= 0.6 is 0 Å². The molecule has 0 aliphatic heterocycles. The Bertz CT molecular complexity index is 1020. The second-order valence-electron chi connectivity index (χ2n) is 6.69. The zero-order chi connectivity index (χ0) is 22.6. The minimum atomic E-state index is -0.460. The molecule has 0 heterocycles. The van der Waals surface area contributed by atoms with Crippen LogP contribution in [0.15, 0.2) is 103 Å². The summed E-state index contributed by atoms with van der Waals surface area (Å²) in [7, 11) is 0. The fourth-order valence-electron chi connectivity index (χ4n) is 2.48. The van der Waals surface area contributed by atoms with E-state index in [2.05, 4.69) is 13.2 Å². The molecule has 0 saturated carbocycles. The maximum Gasteiger partial charge on any atom is 0.338 e. The fraction of sp³-hybridized carbons (Fsp3) is 0.111. The lowest BCUT2D eigenvalue weighted by Crippen LogP contribution is -2.07. The molecule has 0 saturated heterocycles. The quantitative estimate of drug-likeness (QED) is 0.156. The number of hydrogen-bond acceptors (Lipinski definition) is 4. The predicted molar refractivity (Wildman–Crippen MR) is 125 cm³/mol. The molecule has 0 N–H and O–H groups in total. The molecule has 0 amide bonds. The largest absolute Gasteiger partial charge is 0.423 e. The number of ether oxygens (including phenoxy) is 2. The average Bonchev–Trinajstić information content (AvgIpc) is 2.77. The van der Waals surface area contributed by atoms with E-state index in [1.807, 2.05) is 49.4 Å². The summed E-state index contributed by atoms with van der Waals surface area (Å²) in [6, 6.07) is 14.9. The molecule has 158 valence electrons. The summed E-state index contributed by atoms with van der Waals surface area (Å²) in [5.41, 5.74) is 3.19. The molecule has 2 rings (SSSR count). The van der Waals surface area contributed by atoms with Crippen molar-refractivity contribution < 1.29 is 19.1 Å². The van der Waals surface area contributed by atoms with E-state index in [4.69, 9.17) is 9.47 Å². The summed E-state index contributed by atoms with van der Waals surface area (Å²) >= 11 is 0. The molecule has 0 aliphatic carbocycles. The van der Waals surface area contributed by atoms with Gasteiger partial charge < -0.3 is 9.47 Å². The van der Waals surface area contributed by atoms with Crippen LogP contribution in [-0.2, 0) is 14.3 Å². The van der Waals surface area contributed by atoms with Gasteiger partial charge in [0.05, 0.1) is 0 Å². The molecule has 0 atom stereocenters. The Morgan fingerprint density at radius 1 is 0.968 bits per heavy atom. The van der Waals surface area contributed by atoms with E-state index < -0.39 is 11.9 Å². The van der Waals surface area contributed by atoms with Gasteiger partial charge in [-0.2, -0.15) is 0 Å². The molecule has 2 aromatic carbocycles. The molecular formula is C27H26O4. The fourth-order valence-corrected chi connectivity index (χ4v) is 2.48. The lowest BCUT2D eigenvalue weighted by molar-refractivity contribution is -0.133. The maximum atomic E-state index is 12.0. The normalized spacial score (nSPS) is 11.5. The lowest BCUT2D eigenvalue weighted by atomic mass is 10.0. The van der Waals surface area contributed by atoms with Crippen LogP contribution in [-0.4, -0.2) is 11.9 Å². The molecule has 4 nitrogen and oxygen atoms in total. The zero-order valence-electron chi connectivity index (χ0n) is 17.8. The summed E-state index contributed by atoms with van der Waals surface area (Å²) in [4.78, 5) is 23.6. The van der Waals surface area contributed by atoms with Gasteiger partial charge in [-0.05, 0) is 60.4 Å². The number of rotatable bonds is 9. The SMILES string of the molecule is C=C/C=C(\C=C/CC)OC(=O)/C=C/c1ccc(-c2ccc(OC(=O)C(=C)C)cc2)cc1. The zero-order valence-corrected chi connectivity index (χ0v) is 17.8. The van der Waals surface area contributed by atoms with Crippen LogP contribution in [0.5, 0.6) is 5.75 Å². The minimum absolute atomic E-state index is 0.349. The molecule has 0 spiro atoms. The van der Waals surface area contributed by atoms with Crippen LogP contribution in [0.2, 0.25) is 0 Å². The molecule has 31 heavy (non-hydrogen) atoms. The Morgan fingerprint density at radius 3 is 2.13 bits per heavy atom. The van der Waals surface area contributed by atoms with Gasteiger partial charge in [0.2, 0.25) is 0 Å². The smallest absolute Gasteiger partial charge is 0.338 e. The van der Waals surface area contributed by atoms with Gasteiger partial charge in [-0.3, -0.25) is 0 Å². The van der Waals surface area contributed by atoms with Crippen LogP contribution in [0.4, 0.5) is 0 Å². The lowest BCUT2D eigenvalue weighted by Gasteiger charge is -2.06. The van der Waals surface area contributed by atoms with Crippen LogP contribution in [0.1, 0.15) is 25.8 Å².